The van der Waals surface area contributed by atoms with E-state index in [9.17, 15) is 18.3 Å². The molecule has 1 aliphatic rings. The molecule has 1 saturated heterocycles. The number of sulfonamides is 1. The first-order valence-corrected chi connectivity index (χ1v) is 8.45. The van der Waals surface area contributed by atoms with E-state index in [0.717, 1.165) is 10.7 Å². The quantitative estimate of drug-likeness (QED) is 0.794. The molecule has 104 valence electrons. The highest BCUT2D eigenvalue weighted by Gasteiger charge is 2.38. The number of hydrogen-bond acceptors (Lipinski definition) is 3. The molecule has 1 atom stereocenters. The summed E-state index contributed by atoms with van der Waals surface area (Å²) in [5.41, 5.74) is 0. The highest BCUT2D eigenvalue weighted by Crippen LogP contribution is 2.27. The lowest BCUT2D eigenvalue weighted by molar-refractivity contribution is -0.142. The highest BCUT2D eigenvalue weighted by atomic mass is 127. The van der Waals surface area contributed by atoms with Gasteiger partial charge in [-0.2, -0.15) is 4.31 Å². The Morgan fingerprint density at radius 2 is 2.00 bits per heavy atom. The maximum atomic E-state index is 12.6. The summed E-state index contributed by atoms with van der Waals surface area (Å²) >= 11 is 1.95. The number of carboxylic acid groups (broad SMARTS) is 1. The van der Waals surface area contributed by atoms with Crippen LogP contribution in [0.1, 0.15) is 19.3 Å². The van der Waals surface area contributed by atoms with Gasteiger partial charge in [-0.05, 0) is 54.0 Å². The standard InChI is InChI=1S/C12H14INO4S/c13-9-5-1-2-7-11(9)19(17,18)14-8-4-3-6-10(14)12(15)16/h1-2,5,7,10H,3-4,6,8H2,(H,15,16). The number of aliphatic carboxylic acids is 1. The van der Waals surface area contributed by atoms with E-state index in [2.05, 4.69) is 0 Å². The lowest BCUT2D eigenvalue weighted by Gasteiger charge is -2.32. The predicted octanol–water partition coefficient (Wildman–Crippen LogP) is 1.92. The minimum atomic E-state index is -3.74. The van der Waals surface area contributed by atoms with Gasteiger partial charge >= 0.3 is 5.97 Å². The van der Waals surface area contributed by atoms with Crippen molar-refractivity contribution in [3.05, 3.63) is 27.8 Å². The molecule has 0 amide bonds. The van der Waals surface area contributed by atoms with Crippen LogP contribution in [0.25, 0.3) is 0 Å². The van der Waals surface area contributed by atoms with Gasteiger partial charge in [-0.15, -0.1) is 0 Å². The summed E-state index contributed by atoms with van der Waals surface area (Å²) in [6.45, 7) is 0.268. The molecule has 0 radical (unpaired) electrons. The number of benzene rings is 1. The molecule has 0 saturated carbocycles. The number of nitrogens with zero attached hydrogens (tertiary/aromatic N) is 1. The van der Waals surface area contributed by atoms with Gasteiger partial charge in [-0.3, -0.25) is 4.79 Å². The molecular weight excluding hydrogens is 381 g/mol. The van der Waals surface area contributed by atoms with E-state index in [-0.39, 0.29) is 11.4 Å². The number of carbonyl (C=O) groups is 1. The second-order valence-corrected chi connectivity index (χ2v) is 7.42. The van der Waals surface area contributed by atoms with Gasteiger partial charge in [0.1, 0.15) is 6.04 Å². The Kier molecular flexibility index (Phi) is 4.46. The average Bonchev–Trinajstić information content (AvgIpc) is 2.39. The summed E-state index contributed by atoms with van der Waals surface area (Å²) in [6.07, 6.45) is 1.82. The van der Waals surface area contributed by atoms with Gasteiger partial charge < -0.3 is 5.11 Å². The average molecular weight is 395 g/mol. The molecule has 0 spiro atoms. The molecule has 1 heterocycles. The highest BCUT2D eigenvalue weighted by molar-refractivity contribution is 14.1. The van der Waals surface area contributed by atoms with Gasteiger partial charge in [-0.1, -0.05) is 12.1 Å². The third-order valence-electron chi connectivity index (χ3n) is 3.16. The zero-order valence-electron chi connectivity index (χ0n) is 10.1. The smallest absolute Gasteiger partial charge is 0.322 e. The zero-order valence-corrected chi connectivity index (χ0v) is 13.1. The van der Waals surface area contributed by atoms with Crippen molar-refractivity contribution in [2.45, 2.75) is 30.2 Å². The van der Waals surface area contributed by atoms with Crippen molar-refractivity contribution >= 4 is 38.6 Å². The molecule has 1 N–H and O–H groups in total. The van der Waals surface area contributed by atoms with Crippen LogP contribution in [0.2, 0.25) is 0 Å². The van der Waals surface area contributed by atoms with Crippen LogP contribution in [0.3, 0.4) is 0 Å². The van der Waals surface area contributed by atoms with Gasteiger partial charge in [0.2, 0.25) is 10.0 Å². The van der Waals surface area contributed by atoms with E-state index in [1.54, 1.807) is 18.2 Å². The van der Waals surface area contributed by atoms with Crippen LogP contribution in [0.4, 0.5) is 0 Å². The molecule has 19 heavy (non-hydrogen) atoms. The largest absolute Gasteiger partial charge is 0.480 e. The van der Waals surface area contributed by atoms with E-state index in [4.69, 9.17) is 0 Å². The summed E-state index contributed by atoms with van der Waals surface area (Å²) in [7, 11) is -3.74. The van der Waals surface area contributed by atoms with Gasteiger partial charge in [-0.25, -0.2) is 8.42 Å². The van der Waals surface area contributed by atoms with Crippen LogP contribution in [0.15, 0.2) is 29.2 Å². The molecular formula is C12H14INO4S. The van der Waals surface area contributed by atoms with Crippen molar-refractivity contribution in [2.75, 3.05) is 6.54 Å². The van der Waals surface area contributed by atoms with E-state index < -0.39 is 22.0 Å². The van der Waals surface area contributed by atoms with Gasteiger partial charge in [0, 0.05) is 10.1 Å². The summed E-state index contributed by atoms with van der Waals surface area (Å²) in [4.78, 5) is 11.4. The molecule has 2 rings (SSSR count). The summed E-state index contributed by atoms with van der Waals surface area (Å²) < 4.78 is 26.9. The van der Waals surface area contributed by atoms with Gasteiger partial charge in [0.15, 0.2) is 0 Å². The minimum absolute atomic E-state index is 0.184. The number of halogens is 1. The van der Waals surface area contributed by atoms with E-state index in [0.29, 0.717) is 16.4 Å². The molecule has 1 fully saturated rings. The number of piperidine rings is 1. The SMILES string of the molecule is O=C(O)C1CCCCN1S(=O)(=O)c1ccccc1I. The Bertz CT molecular complexity index is 587. The molecule has 1 unspecified atom stereocenters. The van der Waals surface area contributed by atoms with E-state index >= 15 is 0 Å². The minimum Gasteiger partial charge on any atom is -0.480 e. The number of hydrogen-bond donors (Lipinski definition) is 1. The van der Waals surface area contributed by atoms with Crippen LogP contribution in [-0.4, -0.2) is 36.4 Å². The normalized spacial score (nSPS) is 21.2. The lowest BCUT2D eigenvalue weighted by Crippen LogP contribution is -2.47. The van der Waals surface area contributed by atoms with Crippen molar-refractivity contribution in [2.24, 2.45) is 0 Å². The topological polar surface area (TPSA) is 74.7 Å². The first-order valence-electron chi connectivity index (χ1n) is 5.94. The summed E-state index contributed by atoms with van der Waals surface area (Å²) in [6, 6.07) is 5.67. The molecule has 0 aliphatic carbocycles. The molecule has 1 aliphatic heterocycles. The Labute approximate surface area is 125 Å². The second kappa shape index (κ2) is 5.76. The van der Waals surface area contributed by atoms with Crippen molar-refractivity contribution in [3.8, 4) is 0 Å². The first-order chi connectivity index (χ1) is 8.94. The van der Waals surface area contributed by atoms with Crippen LogP contribution in [0.5, 0.6) is 0 Å². The van der Waals surface area contributed by atoms with Crippen LogP contribution in [0, 0.1) is 3.57 Å². The summed E-state index contributed by atoms with van der Waals surface area (Å²) in [5, 5.41) is 9.18. The maximum Gasteiger partial charge on any atom is 0.322 e. The van der Waals surface area contributed by atoms with Crippen molar-refractivity contribution in [1.29, 1.82) is 0 Å². The fraction of sp³-hybridized carbons (Fsp3) is 0.417. The molecule has 0 bridgehead atoms. The zero-order chi connectivity index (χ0) is 14.0. The molecule has 1 aromatic carbocycles. The fourth-order valence-corrected chi connectivity index (χ4v) is 5.16. The van der Waals surface area contributed by atoms with Crippen molar-refractivity contribution in [1.82, 2.24) is 4.31 Å². The first kappa shape index (κ1) is 14.7. The fourth-order valence-electron chi connectivity index (χ4n) is 2.22. The predicted molar refractivity (Wildman–Crippen MR) is 78.3 cm³/mol. The van der Waals surface area contributed by atoms with Crippen molar-refractivity contribution < 1.29 is 18.3 Å². The molecule has 5 nitrogen and oxygen atoms in total. The third kappa shape index (κ3) is 2.92. The molecule has 7 heteroatoms. The van der Waals surface area contributed by atoms with E-state index in [1.165, 1.54) is 6.07 Å². The second-order valence-electron chi connectivity index (χ2n) is 4.40. The number of carboxylic acids is 1. The van der Waals surface area contributed by atoms with Crippen LogP contribution in [-0.2, 0) is 14.8 Å². The lowest BCUT2D eigenvalue weighted by atomic mass is 10.1. The maximum absolute atomic E-state index is 12.6. The summed E-state index contributed by atoms with van der Waals surface area (Å²) in [5.74, 6) is -1.07. The van der Waals surface area contributed by atoms with Gasteiger partial charge in [0.25, 0.3) is 0 Å². The van der Waals surface area contributed by atoms with Gasteiger partial charge in [0.05, 0.1) is 4.90 Å². The number of rotatable bonds is 3. The Hall–Kier alpha value is -0.670. The van der Waals surface area contributed by atoms with Crippen LogP contribution >= 0.6 is 22.6 Å². The monoisotopic (exact) mass is 395 g/mol. The molecule has 1 aromatic rings. The van der Waals surface area contributed by atoms with Crippen LogP contribution < -0.4 is 0 Å². The Morgan fingerprint density at radius 1 is 1.32 bits per heavy atom. The Balaban J connectivity index is 2.43. The molecule has 0 aromatic heterocycles. The third-order valence-corrected chi connectivity index (χ3v) is 6.44. The van der Waals surface area contributed by atoms with E-state index in [1.807, 2.05) is 22.6 Å². The Morgan fingerprint density at radius 3 is 2.63 bits per heavy atom. The van der Waals surface area contributed by atoms with Crippen molar-refractivity contribution in [3.63, 3.8) is 0 Å².